The van der Waals surface area contributed by atoms with Crippen LogP contribution in [-0.4, -0.2) is 9.97 Å². The van der Waals surface area contributed by atoms with Gasteiger partial charge in [-0.05, 0) is 192 Å². The fraction of sp³-hybridized carbons (Fsp3) is 0. The predicted molar refractivity (Wildman–Crippen MR) is 288 cm³/mol. The van der Waals surface area contributed by atoms with Crippen LogP contribution in [-0.2, 0) is 0 Å². The molecule has 0 amide bonds. The van der Waals surface area contributed by atoms with Gasteiger partial charge in [0.15, 0.2) is 0 Å². The topological polar surface area (TPSA) is 25.8 Å². The summed E-state index contributed by atoms with van der Waals surface area (Å²) in [5, 5.41) is 12.2. The van der Waals surface area contributed by atoms with E-state index in [1.807, 2.05) is 24.8 Å². The van der Waals surface area contributed by atoms with Crippen LogP contribution in [0.4, 0.5) is 0 Å². The highest BCUT2D eigenvalue weighted by Gasteiger charge is 2.24. The minimum Gasteiger partial charge on any atom is -0.265 e. The Labute approximate surface area is 395 Å². The molecule has 2 aromatic heterocycles. The van der Waals surface area contributed by atoms with Gasteiger partial charge in [-0.15, -0.1) is 0 Å². The van der Waals surface area contributed by atoms with Gasteiger partial charge < -0.3 is 0 Å². The van der Waals surface area contributed by atoms with E-state index in [0.29, 0.717) is 0 Å². The van der Waals surface area contributed by atoms with E-state index in [9.17, 15) is 0 Å². The van der Waals surface area contributed by atoms with Gasteiger partial charge in [-0.25, -0.2) is 0 Å². The summed E-state index contributed by atoms with van der Waals surface area (Å²) in [6, 6.07) is 85.1. The second-order valence-electron chi connectivity index (χ2n) is 17.7. The van der Waals surface area contributed by atoms with Gasteiger partial charge in [-0.2, -0.15) is 0 Å². The first-order valence-corrected chi connectivity index (χ1v) is 23.3. The van der Waals surface area contributed by atoms with Crippen molar-refractivity contribution in [3.63, 3.8) is 0 Å². The third-order valence-electron chi connectivity index (χ3n) is 13.8. The molecule has 2 nitrogen and oxygen atoms in total. The quantitative estimate of drug-likeness (QED) is 0.118. The molecular formula is C66H42N2. The van der Waals surface area contributed by atoms with E-state index >= 15 is 0 Å². The fourth-order valence-corrected chi connectivity index (χ4v) is 10.7. The first-order valence-electron chi connectivity index (χ1n) is 23.3. The molecule has 2 heteroatoms. The molecule has 13 rings (SSSR count). The van der Waals surface area contributed by atoms with Crippen LogP contribution in [0.25, 0.3) is 132 Å². The zero-order valence-corrected chi connectivity index (χ0v) is 37.1. The van der Waals surface area contributed by atoms with E-state index in [4.69, 9.17) is 0 Å². The molecule has 0 aliphatic rings. The SMILES string of the molecule is c1ccc(-c2ccc3c(-c4cccc(-c5ccncc5)c4)c4cc5c(-c6ccccc6)c(-c6ccc7ccccc7c6)c6ccccc6c5cc4c(-c4cccc(-c5ccncc5)c4)c3c2)cc1. The van der Waals surface area contributed by atoms with Gasteiger partial charge in [0, 0.05) is 24.8 Å². The standard InChI is InChI=1S/C66H42N2/c1-3-13-43(14-4-1)51-27-28-57-59(40-51)64(53-22-12-20-50(38-53)46-31-35-68-36-32-46)61-41-58-55-23-9-10-24-56(55)66(54-26-25-44-15-7-8-18-48(44)39-54)65(47-16-5-2-6-17-47)60(58)42-62(61)63(57)52-21-11-19-49(37-52)45-29-33-67-34-30-45/h1-42H. The number of fused-ring (bicyclic) bond motifs is 6. The molecular weight excluding hydrogens is 821 g/mol. The van der Waals surface area contributed by atoms with Crippen LogP contribution in [0, 0.1) is 0 Å². The number of benzene rings is 11. The maximum Gasteiger partial charge on any atom is 0.0273 e. The highest BCUT2D eigenvalue weighted by Crippen LogP contribution is 2.51. The van der Waals surface area contributed by atoms with Gasteiger partial charge in [0.25, 0.3) is 0 Å². The lowest BCUT2D eigenvalue weighted by atomic mass is 9.80. The first-order chi connectivity index (χ1) is 33.7. The Hall–Kier alpha value is -8.98. The molecule has 2 heterocycles. The van der Waals surface area contributed by atoms with Crippen molar-refractivity contribution >= 4 is 53.9 Å². The monoisotopic (exact) mass is 862 g/mol. The lowest BCUT2D eigenvalue weighted by Gasteiger charge is -2.23. The molecule has 0 bridgehead atoms. The number of pyridine rings is 2. The van der Waals surface area contributed by atoms with Crippen LogP contribution >= 0.6 is 0 Å². The Kier molecular flexibility index (Phi) is 9.54. The third-order valence-corrected chi connectivity index (χ3v) is 13.8. The summed E-state index contributed by atoms with van der Waals surface area (Å²) in [5.74, 6) is 0. The summed E-state index contributed by atoms with van der Waals surface area (Å²) >= 11 is 0. The molecule has 0 atom stereocenters. The van der Waals surface area contributed by atoms with Crippen LogP contribution in [0.3, 0.4) is 0 Å². The van der Waals surface area contributed by atoms with Crippen LogP contribution in [0.5, 0.6) is 0 Å². The van der Waals surface area contributed by atoms with Crippen LogP contribution in [0.15, 0.2) is 255 Å². The van der Waals surface area contributed by atoms with Gasteiger partial charge in [0.05, 0.1) is 0 Å². The fourth-order valence-electron chi connectivity index (χ4n) is 10.7. The third kappa shape index (κ3) is 6.73. The molecule has 0 saturated carbocycles. The zero-order valence-electron chi connectivity index (χ0n) is 37.1. The maximum atomic E-state index is 4.35. The highest BCUT2D eigenvalue weighted by atomic mass is 14.6. The number of nitrogens with zero attached hydrogens (tertiary/aromatic N) is 2. The summed E-state index contributed by atoms with van der Waals surface area (Å²) < 4.78 is 0. The Balaban J connectivity index is 1.23. The second kappa shape index (κ2) is 16.5. The summed E-state index contributed by atoms with van der Waals surface area (Å²) in [7, 11) is 0. The zero-order chi connectivity index (χ0) is 45.0. The summed E-state index contributed by atoms with van der Waals surface area (Å²) in [6.45, 7) is 0. The van der Waals surface area contributed by atoms with E-state index in [1.54, 1.807) is 0 Å². The molecule has 0 radical (unpaired) electrons. The van der Waals surface area contributed by atoms with Crippen molar-refractivity contribution in [2.24, 2.45) is 0 Å². The largest absolute Gasteiger partial charge is 0.265 e. The Morgan fingerprint density at radius 3 is 1.25 bits per heavy atom. The van der Waals surface area contributed by atoms with Gasteiger partial charge in [-0.1, -0.05) is 170 Å². The van der Waals surface area contributed by atoms with E-state index in [2.05, 4.69) is 240 Å². The number of rotatable bonds is 7. The Morgan fingerprint density at radius 1 is 0.176 bits per heavy atom. The van der Waals surface area contributed by atoms with Crippen LogP contribution in [0.1, 0.15) is 0 Å². The van der Waals surface area contributed by atoms with Crippen LogP contribution in [0.2, 0.25) is 0 Å². The lowest BCUT2D eigenvalue weighted by molar-refractivity contribution is 1.33. The van der Waals surface area contributed by atoms with Gasteiger partial charge in [-0.3, -0.25) is 9.97 Å². The minimum atomic E-state index is 1.13. The van der Waals surface area contributed by atoms with Crippen molar-refractivity contribution in [3.05, 3.63) is 255 Å². The van der Waals surface area contributed by atoms with Crippen molar-refractivity contribution in [1.29, 1.82) is 0 Å². The van der Waals surface area contributed by atoms with Crippen molar-refractivity contribution in [2.75, 3.05) is 0 Å². The number of aromatic nitrogens is 2. The molecule has 0 fully saturated rings. The first kappa shape index (κ1) is 39.4. The van der Waals surface area contributed by atoms with Crippen molar-refractivity contribution in [2.45, 2.75) is 0 Å². The molecule has 0 spiro atoms. The average Bonchev–Trinajstić information content (AvgIpc) is 3.42. The molecule has 13 aromatic rings. The Morgan fingerprint density at radius 2 is 0.588 bits per heavy atom. The molecule has 316 valence electrons. The average molecular weight is 863 g/mol. The van der Waals surface area contributed by atoms with Gasteiger partial charge in [0.2, 0.25) is 0 Å². The van der Waals surface area contributed by atoms with E-state index in [-0.39, 0.29) is 0 Å². The van der Waals surface area contributed by atoms with Crippen molar-refractivity contribution in [1.82, 2.24) is 9.97 Å². The molecule has 0 aliphatic heterocycles. The highest BCUT2D eigenvalue weighted by molar-refractivity contribution is 6.29. The number of hydrogen-bond donors (Lipinski definition) is 0. The van der Waals surface area contributed by atoms with Crippen molar-refractivity contribution < 1.29 is 0 Å². The number of hydrogen-bond acceptors (Lipinski definition) is 2. The maximum absolute atomic E-state index is 4.35. The molecule has 0 saturated heterocycles. The summed E-state index contributed by atoms with van der Waals surface area (Å²) in [5.41, 5.74) is 16.5. The smallest absolute Gasteiger partial charge is 0.0273 e. The van der Waals surface area contributed by atoms with E-state index in [1.165, 1.54) is 98.4 Å². The Bertz CT molecular complexity index is 4050. The summed E-state index contributed by atoms with van der Waals surface area (Å²) in [6.07, 6.45) is 7.51. The molecule has 11 aromatic carbocycles. The van der Waals surface area contributed by atoms with Gasteiger partial charge >= 0.3 is 0 Å². The minimum absolute atomic E-state index is 1.13. The van der Waals surface area contributed by atoms with Crippen molar-refractivity contribution in [3.8, 4) is 77.9 Å². The van der Waals surface area contributed by atoms with E-state index in [0.717, 1.165) is 33.4 Å². The van der Waals surface area contributed by atoms with Gasteiger partial charge in [0.1, 0.15) is 0 Å². The molecule has 0 unspecified atom stereocenters. The lowest BCUT2D eigenvalue weighted by Crippen LogP contribution is -1.96. The van der Waals surface area contributed by atoms with E-state index < -0.39 is 0 Å². The molecule has 0 aliphatic carbocycles. The molecule has 0 N–H and O–H groups in total. The second-order valence-corrected chi connectivity index (χ2v) is 17.7. The predicted octanol–water partition coefficient (Wildman–Crippen LogP) is 17.9. The summed E-state index contributed by atoms with van der Waals surface area (Å²) in [4.78, 5) is 8.71. The molecule has 68 heavy (non-hydrogen) atoms. The van der Waals surface area contributed by atoms with Crippen LogP contribution < -0.4 is 0 Å². The normalized spacial score (nSPS) is 11.5.